The van der Waals surface area contributed by atoms with Crippen LogP contribution in [0.2, 0.25) is 0 Å². The predicted molar refractivity (Wildman–Crippen MR) is 87.1 cm³/mol. The van der Waals surface area contributed by atoms with E-state index in [4.69, 9.17) is 12.2 Å². The minimum absolute atomic E-state index is 0.101. The molecular formula is C15H18N2O2S2. The molecule has 1 aromatic heterocycles. The number of hydrogen-bond donors (Lipinski definition) is 3. The zero-order valence-corrected chi connectivity index (χ0v) is 13.4. The highest BCUT2D eigenvalue weighted by Crippen LogP contribution is 2.14. The fraction of sp³-hybridized carbons (Fsp3) is 0.333. The molecule has 112 valence electrons. The van der Waals surface area contributed by atoms with Crippen molar-refractivity contribution in [2.24, 2.45) is 0 Å². The molecule has 0 spiro atoms. The number of hydrogen-bond acceptors (Lipinski definition) is 4. The van der Waals surface area contributed by atoms with Crippen LogP contribution in [-0.4, -0.2) is 28.6 Å². The fourth-order valence-corrected chi connectivity index (χ4v) is 3.29. The Hall–Kier alpha value is -1.50. The van der Waals surface area contributed by atoms with Gasteiger partial charge in [-0.25, -0.2) is 0 Å². The first kappa shape index (κ1) is 15.9. The van der Waals surface area contributed by atoms with E-state index in [-0.39, 0.29) is 12.5 Å². The molecule has 0 saturated heterocycles. The monoisotopic (exact) mass is 322 g/mol. The van der Waals surface area contributed by atoms with Crippen molar-refractivity contribution in [3.8, 4) is 0 Å². The van der Waals surface area contributed by atoms with Crippen molar-refractivity contribution in [2.75, 3.05) is 6.54 Å². The van der Waals surface area contributed by atoms with Gasteiger partial charge in [-0.3, -0.25) is 4.79 Å². The summed E-state index contributed by atoms with van der Waals surface area (Å²) in [5.74, 6) is -0.101. The second-order valence-electron chi connectivity index (χ2n) is 4.89. The van der Waals surface area contributed by atoms with Crippen molar-refractivity contribution in [3.05, 3.63) is 50.4 Å². The Balaban J connectivity index is 1.78. The molecule has 0 radical (unpaired) electrons. The van der Waals surface area contributed by atoms with Gasteiger partial charge in [-0.05, 0) is 24.7 Å². The molecule has 0 fully saturated rings. The van der Waals surface area contributed by atoms with E-state index in [1.54, 1.807) is 0 Å². The minimum atomic E-state index is -0.582. The van der Waals surface area contributed by atoms with Crippen LogP contribution in [0.25, 0.3) is 0 Å². The number of aliphatic hydroxyl groups excluding tert-OH is 1. The predicted octanol–water partition coefficient (Wildman–Crippen LogP) is 2.38. The second kappa shape index (κ2) is 7.49. The molecule has 0 bridgehead atoms. The van der Waals surface area contributed by atoms with Gasteiger partial charge in [0.05, 0.1) is 12.5 Å². The summed E-state index contributed by atoms with van der Waals surface area (Å²) >= 11 is 6.46. The normalized spacial score (nSPS) is 12.1. The van der Waals surface area contributed by atoms with E-state index in [0.29, 0.717) is 16.8 Å². The summed E-state index contributed by atoms with van der Waals surface area (Å²) < 4.78 is 0.680. The Morgan fingerprint density at radius 1 is 1.43 bits per heavy atom. The van der Waals surface area contributed by atoms with Gasteiger partial charge in [-0.1, -0.05) is 30.3 Å². The number of thiazole rings is 1. The maximum absolute atomic E-state index is 11.9. The van der Waals surface area contributed by atoms with Crippen molar-refractivity contribution in [1.29, 1.82) is 0 Å². The van der Waals surface area contributed by atoms with Crippen LogP contribution in [0.3, 0.4) is 0 Å². The maximum Gasteiger partial charge on any atom is 0.225 e. The van der Waals surface area contributed by atoms with E-state index < -0.39 is 6.10 Å². The number of aromatic amines is 1. The average Bonchev–Trinajstić information content (AvgIpc) is 2.76. The molecule has 1 amide bonds. The number of carbonyl (C=O) groups is 1. The standard InChI is InChI=1S/C15H18N2O2S2/c1-10-13(21-15(20)17-10)8-14(19)16-9-12(18)7-11-5-3-2-4-6-11/h2-6,12,18H,7-9H2,1H3,(H,16,19)(H,17,20). The highest BCUT2D eigenvalue weighted by atomic mass is 32.1. The van der Waals surface area contributed by atoms with Crippen molar-refractivity contribution < 1.29 is 9.90 Å². The lowest BCUT2D eigenvalue weighted by molar-refractivity contribution is -0.120. The van der Waals surface area contributed by atoms with E-state index in [9.17, 15) is 9.90 Å². The first-order chi connectivity index (χ1) is 10.0. The van der Waals surface area contributed by atoms with Gasteiger partial charge >= 0.3 is 0 Å². The van der Waals surface area contributed by atoms with Crippen molar-refractivity contribution in [2.45, 2.75) is 25.9 Å². The summed E-state index contributed by atoms with van der Waals surface area (Å²) in [5, 5.41) is 12.7. The molecule has 1 heterocycles. The summed E-state index contributed by atoms with van der Waals surface area (Å²) in [4.78, 5) is 15.8. The van der Waals surface area contributed by atoms with Gasteiger partial charge in [-0.2, -0.15) is 0 Å². The van der Waals surface area contributed by atoms with Crippen molar-refractivity contribution in [3.63, 3.8) is 0 Å². The Labute approximate surface area is 132 Å². The van der Waals surface area contributed by atoms with Crippen LogP contribution in [-0.2, 0) is 17.6 Å². The summed E-state index contributed by atoms with van der Waals surface area (Å²) in [7, 11) is 0. The number of benzene rings is 1. The molecule has 2 rings (SSSR count). The van der Waals surface area contributed by atoms with E-state index in [1.807, 2.05) is 37.3 Å². The number of H-pyrrole nitrogens is 1. The van der Waals surface area contributed by atoms with Crippen LogP contribution in [0.5, 0.6) is 0 Å². The third-order valence-electron chi connectivity index (χ3n) is 3.09. The van der Waals surface area contributed by atoms with Crippen LogP contribution < -0.4 is 5.32 Å². The van der Waals surface area contributed by atoms with Gasteiger partial charge in [0.25, 0.3) is 0 Å². The summed E-state index contributed by atoms with van der Waals surface area (Å²) in [6.07, 6.45) is 0.243. The topological polar surface area (TPSA) is 65.1 Å². The largest absolute Gasteiger partial charge is 0.391 e. The molecule has 4 nitrogen and oxygen atoms in total. The Kier molecular flexibility index (Phi) is 5.67. The number of aromatic nitrogens is 1. The van der Waals surface area contributed by atoms with Gasteiger partial charge in [0.1, 0.15) is 0 Å². The summed E-state index contributed by atoms with van der Waals surface area (Å²) in [6, 6.07) is 9.72. The van der Waals surface area contributed by atoms with E-state index in [0.717, 1.165) is 16.1 Å². The molecule has 2 aromatic rings. The van der Waals surface area contributed by atoms with Gasteiger partial charge in [0.15, 0.2) is 3.95 Å². The van der Waals surface area contributed by atoms with E-state index in [2.05, 4.69) is 10.3 Å². The molecule has 6 heteroatoms. The molecule has 1 unspecified atom stereocenters. The average molecular weight is 322 g/mol. The highest BCUT2D eigenvalue weighted by Gasteiger charge is 2.11. The number of rotatable bonds is 6. The molecule has 0 aliphatic rings. The first-order valence-electron chi connectivity index (χ1n) is 6.72. The molecular weight excluding hydrogens is 304 g/mol. The van der Waals surface area contributed by atoms with Crippen LogP contribution in [0.1, 0.15) is 16.1 Å². The number of carbonyl (C=O) groups excluding carboxylic acids is 1. The molecule has 21 heavy (non-hydrogen) atoms. The lowest BCUT2D eigenvalue weighted by Crippen LogP contribution is -2.34. The number of amides is 1. The van der Waals surface area contributed by atoms with Gasteiger partial charge in [-0.15, -0.1) is 11.3 Å². The SMILES string of the molecule is Cc1[nH]c(=S)sc1CC(=O)NCC(O)Cc1ccccc1. The fourth-order valence-electron chi connectivity index (χ4n) is 2.00. The van der Waals surface area contributed by atoms with Gasteiger partial charge in [0.2, 0.25) is 5.91 Å². The maximum atomic E-state index is 11.9. The molecule has 0 aliphatic heterocycles. The third-order valence-corrected chi connectivity index (χ3v) is 4.43. The summed E-state index contributed by atoms with van der Waals surface area (Å²) in [6.45, 7) is 2.15. The van der Waals surface area contributed by atoms with Crippen LogP contribution in [0.4, 0.5) is 0 Å². The second-order valence-corrected chi connectivity index (χ2v) is 6.66. The number of nitrogens with one attached hydrogen (secondary N) is 2. The highest BCUT2D eigenvalue weighted by molar-refractivity contribution is 7.73. The summed E-state index contributed by atoms with van der Waals surface area (Å²) in [5.41, 5.74) is 1.99. The molecule has 0 saturated carbocycles. The van der Waals surface area contributed by atoms with Gasteiger partial charge < -0.3 is 15.4 Å². The quantitative estimate of drug-likeness (QED) is 0.716. The molecule has 1 aromatic carbocycles. The van der Waals surface area contributed by atoms with Gasteiger partial charge in [0, 0.05) is 23.5 Å². The Morgan fingerprint density at radius 2 is 2.14 bits per heavy atom. The lowest BCUT2D eigenvalue weighted by Gasteiger charge is -2.11. The zero-order valence-electron chi connectivity index (χ0n) is 11.8. The Bertz CT molecular complexity index is 649. The molecule has 1 atom stereocenters. The molecule has 3 N–H and O–H groups in total. The van der Waals surface area contributed by atoms with Crippen LogP contribution >= 0.6 is 23.6 Å². The number of aliphatic hydroxyl groups is 1. The lowest BCUT2D eigenvalue weighted by atomic mass is 10.1. The van der Waals surface area contributed by atoms with Crippen LogP contribution in [0, 0.1) is 10.9 Å². The van der Waals surface area contributed by atoms with Crippen molar-refractivity contribution >= 4 is 29.5 Å². The Morgan fingerprint density at radius 3 is 2.76 bits per heavy atom. The first-order valence-corrected chi connectivity index (χ1v) is 7.94. The minimum Gasteiger partial charge on any atom is -0.391 e. The van der Waals surface area contributed by atoms with E-state index in [1.165, 1.54) is 11.3 Å². The zero-order chi connectivity index (χ0) is 15.2. The smallest absolute Gasteiger partial charge is 0.225 e. The third kappa shape index (κ3) is 5.08. The van der Waals surface area contributed by atoms with Crippen LogP contribution in [0.15, 0.2) is 30.3 Å². The van der Waals surface area contributed by atoms with E-state index >= 15 is 0 Å². The molecule has 0 aliphatic carbocycles. The number of aryl methyl sites for hydroxylation is 1. The van der Waals surface area contributed by atoms with Crippen molar-refractivity contribution in [1.82, 2.24) is 10.3 Å².